The summed E-state index contributed by atoms with van der Waals surface area (Å²) in [6, 6.07) is 13.3. The molecule has 2 nitrogen and oxygen atoms in total. The van der Waals surface area contributed by atoms with Gasteiger partial charge in [0.25, 0.3) is 0 Å². The Hall–Kier alpha value is -1.22. The first-order chi connectivity index (χ1) is 9.22. The predicted octanol–water partition coefficient (Wildman–Crippen LogP) is 4.29. The lowest BCUT2D eigenvalue weighted by molar-refractivity contribution is 0.302. The molecule has 0 aliphatic rings. The smallest absolute Gasteiger partial charge is 0.124 e. The first kappa shape index (κ1) is 14.2. The van der Waals surface area contributed by atoms with E-state index < -0.39 is 0 Å². The van der Waals surface area contributed by atoms with Crippen molar-refractivity contribution in [2.75, 3.05) is 7.05 Å². The van der Waals surface area contributed by atoms with Crippen LogP contribution in [0.3, 0.4) is 0 Å². The Morgan fingerprint density at radius 1 is 1.00 bits per heavy atom. The Bertz CT molecular complexity index is 537. The minimum absolute atomic E-state index is 0.360. The van der Waals surface area contributed by atoms with Gasteiger partial charge in [0.05, 0.1) is 0 Å². The summed E-state index contributed by atoms with van der Waals surface area (Å²) in [5.74, 6) is 0.841. The summed E-state index contributed by atoms with van der Waals surface area (Å²) in [6.45, 7) is 1.12. The standard InChI is InChI=1S/C15H15Cl2NO/c1-18-9-11-5-2-3-8-15(11)19-10-12-13(16)6-4-7-14(12)17/h2-8,18H,9-10H2,1H3. The number of hydrogen-bond donors (Lipinski definition) is 1. The van der Waals surface area contributed by atoms with E-state index in [1.54, 1.807) is 0 Å². The van der Waals surface area contributed by atoms with Crippen LogP contribution < -0.4 is 10.1 Å². The van der Waals surface area contributed by atoms with Crippen LogP contribution in [0.2, 0.25) is 10.0 Å². The van der Waals surface area contributed by atoms with E-state index in [1.807, 2.05) is 49.5 Å². The maximum atomic E-state index is 6.12. The molecular formula is C15H15Cl2NO. The van der Waals surface area contributed by atoms with Gasteiger partial charge < -0.3 is 10.1 Å². The minimum atomic E-state index is 0.360. The van der Waals surface area contributed by atoms with Gasteiger partial charge in [0.1, 0.15) is 12.4 Å². The van der Waals surface area contributed by atoms with Gasteiger partial charge in [0, 0.05) is 27.7 Å². The Morgan fingerprint density at radius 2 is 1.68 bits per heavy atom. The summed E-state index contributed by atoms with van der Waals surface area (Å²) >= 11 is 12.2. The van der Waals surface area contributed by atoms with E-state index in [0.717, 1.165) is 23.4 Å². The molecule has 0 unspecified atom stereocenters. The molecule has 0 atom stereocenters. The van der Waals surface area contributed by atoms with Crippen LogP contribution >= 0.6 is 23.2 Å². The SMILES string of the molecule is CNCc1ccccc1OCc1c(Cl)cccc1Cl. The van der Waals surface area contributed by atoms with Crippen molar-refractivity contribution < 1.29 is 4.74 Å². The summed E-state index contributed by atoms with van der Waals surface area (Å²) in [5.41, 5.74) is 1.92. The second-order valence-electron chi connectivity index (χ2n) is 4.13. The second-order valence-corrected chi connectivity index (χ2v) is 4.94. The van der Waals surface area contributed by atoms with E-state index in [1.165, 1.54) is 0 Å². The van der Waals surface area contributed by atoms with Gasteiger partial charge in [0.2, 0.25) is 0 Å². The monoisotopic (exact) mass is 295 g/mol. The molecular weight excluding hydrogens is 281 g/mol. The normalized spacial score (nSPS) is 10.5. The maximum absolute atomic E-state index is 6.12. The molecule has 0 aliphatic heterocycles. The fraction of sp³-hybridized carbons (Fsp3) is 0.200. The molecule has 0 fully saturated rings. The summed E-state index contributed by atoms with van der Waals surface area (Å²) in [5, 5.41) is 4.36. The lowest BCUT2D eigenvalue weighted by atomic mass is 10.2. The molecule has 0 saturated carbocycles. The number of nitrogens with one attached hydrogen (secondary N) is 1. The highest BCUT2D eigenvalue weighted by molar-refractivity contribution is 6.35. The van der Waals surface area contributed by atoms with Gasteiger partial charge >= 0.3 is 0 Å². The van der Waals surface area contributed by atoms with E-state index in [4.69, 9.17) is 27.9 Å². The summed E-state index contributed by atoms with van der Waals surface area (Å²) in [6.07, 6.45) is 0. The molecule has 2 rings (SSSR count). The van der Waals surface area contributed by atoms with Crippen LogP contribution in [0.15, 0.2) is 42.5 Å². The lowest BCUT2D eigenvalue weighted by Gasteiger charge is -2.12. The molecule has 0 bridgehead atoms. The summed E-state index contributed by atoms with van der Waals surface area (Å²) in [7, 11) is 1.90. The van der Waals surface area contributed by atoms with E-state index >= 15 is 0 Å². The molecule has 4 heteroatoms. The molecule has 2 aromatic carbocycles. The highest BCUT2D eigenvalue weighted by atomic mass is 35.5. The van der Waals surface area contributed by atoms with Crippen molar-refractivity contribution >= 4 is 23.2 Å². The number of benzene rings is 2. The molecule has 0 spiro atoms. The topological polar surface area (TPSA) is 21.3 Å². The fourth-order valence-corrected chi connectivity index (χ4v) is 2.31. The minimum Gasteiger partial charge on any atom is -0.488 e. The highest BCUT2D eigenvalue weighted by Gasteiger charge is 2.08. The average Bonchev–Trinajstić information content (AvgIpc) is 2.40. The van der Waals surface area contributed by atoms with E-state index in [0.29, 0.717) is 16.7 Å². The van der Waals surface area contributed by atoms with E-state index in [9.17, 15) is 0 Å². The second kappa shape index (κ2) is 6.80. The van der Waals surface area contributed by atoms with Gasteiger partial charge in [-0.15, -0.1) is 0 Å². The molecule has 0 aromatic heterocycles. The molecule has 2 aromatic rings. The van der Waals surface area contributed by atoms with Crippen LogP contribution in [-0.4, -0.2) is 7.05 Å². The van der Waals surface area contributed by atoms with Crippen molar-refractivity contribution in [3.8, 4) is 5.75 Å². The molecule has 1 N–H and O–H groups in total. The average molecular weight is 296 g/mol. The molecule has 100 valence electrons. The molecule has 0 amide bonds. The van der Waals surface area contributed by atoms with Crippen LogP contribution in [0, 0.1) is 0 Å². The summed E-state index contributed by atoms with van der Waals surface area (Å²) < 4.78 is 5.83. The van der Waals surface area contributed by atoms with Crippen molar-refractivity contribution in [1.82, 2.24) is 5.32 Å². The lowest BCUT2D eigenvalue weighted by Crippen LogP contribution is -2.07. The van der Waals surface area contributed by atoms with Gasteiger partial charge in [-0.05, 0) is 25.2 Å². The zero-order valence-corrected chi connectivity index (χ0v) is 12.1. The maximum Gasteiger partial charge on any atom is 0.124 e. The zero-order chi connectivity index (χ0) is 13.7. The van der Waals surface area contributed by atoms with Crippen LogP contribution in [-0.2, 0) is 13.2 Å². The third-order valence-electron chi connectivity index (χ3n) is 2.77. The van der Waals surface area contributed by atoms with E-state index in [-0.39, 0.29) is 0 Å². The molecule has 0 saturated heterocycles. The van der Waals surface area contributed by atoms with Gasteiger partial charge in [-0.2, -0.15) is 0 Å². The van der Waals surface area contributed by atoms with Crippen molar-refractivity contribution in [3.63, 3.8) is 0 Å². The van der Waals surface area contributed by atoms with Crippen molar-refractivity contribution in [3.05, 3.63) is 63.6 Å². The Balaban J connectivity index is 2.15. The largest absolute Gasteiger partial charge is 0.488 e. The Morgan fingerprint density at radius 3 is 2.37 bits per heavy atom. The summed E-state index contributed by atoms with van der Waals surface area (Å²) in [4.78, 5) is 0. The molecule has 0 aliphatic carbocycles. The number of halogens is 2. The van der Waals surface area contributed by atoms with E-state index in [2.05, 4.69) is 5.32 Å². The third-order valence-corrected chi connectivity index (χ3v) is 3.48. The molecule has 19 heavy (non-hydrogen) atoms. The van der Waals surface area contributed by atoms with Crippen molar-refractivity contribution in [2.24, 2.45) is 0 Å². The fourth-order valence-electron chi connectivity index (χ4n) is 1.80. The van der Waals surface area contributed by atoms with Gasteiger partial charge in [0.15, 0.2) is 0 Å². The van der Waals surface area contributed by atoms with Gasteiger partial charge in [-0.3, -0.25) is 0 Å². The Kier molecular flexibility index (Phi) is 5.08. The van der Waals surface area contributed by atoms with Crippen molar-refractivity contribution in [1.29, 1.82) is 0 Å². The van der Waals surface area contributed by atoms with Gasteiger partial charge in [-0.25, -0.2) is 0 Å². The molecule has 0 heterocycles. The van der Waals surface area contributed by atoms with Crippen molar-refractivity contribution in [2.45, 2.75) is 13.2 Å². The van der Waals surface area contributed by atoms with Crippen LogP contribution in [0.5, 0.6) is 5.75 Å². The quantitative estimate of drug-likeness (QED) is 0.888. The number of para-hydroxylation sites is 1. The first-order valence-corrected chi connectivity index (χ1v) is 6.76. The highest BCUT2D eigenvalue weighted by Crippen LogP contribution is 2.26. The van der Waals surface area contributed by atoms with Gasteiger partial charge in [-0.1, -0.05) is 47.5 Å². The predicted molar refractivity (Wildman–Crippen MR) is 80.0 cm³/mol. The molecule has 0 radical (unpaired) electrons. The number of hydrogen-bond acceptors (Lipinski definition) is 2. The Labute approximate surface area is 123 Å². The first-order valence-electron chi connectivity index (χ1n) is 6.00. The van der Waals surface area contributed by atoms with Crippen LogP contribution in [0.1, 0.15) is 11.1 Å². The van der Waals surface area contributed by atoms with Crippen LogP contribution in [0.4, 0.5) is 0 Å². The van der Waals surface area contributed by atoms with Crippen LogP contribution in [0.25, 0.3) is 0 Å². The third kappa shape index (κ3) is 3.63. The number of rotatable bonds is 5. The number of ether oxygens (including phenoxy) is 1. The zero-order valence-electron chi connectivity index (χ0n) is 10.6.